The van der Waals surface area contributed by atoms with E-state index in [-0.39, 0.29) is 57.2 Å². The third kappa shape index (κ3) is 26.7. The molecule has 6 aliphatic rings. The number of anilines is 6. The van der Waals surface area contributed by atoms with E-state index in [2.05, 4.69) is 140 Å². The molecule has 5 unspecified atom stereocenters. The number of hydrogen-bond donors (Lipinski definition) is 5. The Morgan fingerprint density at radius 3 is 1.13 bits per heavy atom. The molecule has 5 N–H and O–H groups in total. The third-order valence-electron chi connectivity index (χ3n) is 24.2. The van der Waals surface area contributed by atoms with Crippen LogP contribution in [0.3, 0.4) is 0 Å². The standard InChI is InChI=1S/C22H21Cl2FN6O2S.C18H24N4O2S.C17H20FN5O2S.C17H21N5O2S.C16H22N4O2S/c1-13-6-16(23)21(17(24)7-13)30-34(32,33)29-10-14-4-3-5-31(11-14)22-15-8-20(26-2)18(25)9-19(15)27-12-28-22;1-14-5-6-17-16(10-14)18(20-13-19-17)21-7-2-4-15(11-21)12-22-8-3-9-25(22,23)24;1-3-26(24,25)22-9-12-5-4-6-23(10-12)17-13-7-16(19-2)14(18)8-15(13)20-11-21-17;1-12-7-14-16(8-15(12)18-2)19-11-20-17(14)22-6-4-5-13(10-22)9-21-25(3,23)24;1-12-5-6-15-14(8-12)16(18-11-17-15)20-7-3-4-13(10-20)9-19-23(2,21)22/h6-9,12,14,29-30H,3-5,10-11H2,1H3;5-6,10,13,15H,2-4,7-9,11-12H2,1H3;7-8,11-12,22H,3-6,9-10H2,1H3;7-8,11,13,21H,4-6,9-10H2,1,3H3;5-6,8,11,13,19H,3-4,7,9-10H2,1-2H3. The van der Waals surface area contributed by atoms with Crippen molar-refractivity contribution in [1.29, 1.82) is 0 Å². The number of nitrogens with one attached hydrogen (secondary N) is 5. The highest BCUT2D eigenvalue weighted by Gasteiger charge is 2.35. The van der Waals surface area contributed by atoms with Crippen LogP contribution in [0.4, 0.5) is 60.6 Å². The number of aryl methyl sites for hydroxylation is 4. The number of nitrogens with zero attached hydrogens (tertiary/aromatic N) is 19. The summed E-state index contributed by atoms with van der Waals surface area (Å²) in [5.74, 6) is 4.24. The molecule has 17 rings (SSSR count). The Morgan fingerprint density at radius 1 is 0.414 bits per heavy atom. The maximum Gasteiger partial charge on any atom is 0.299 e. The number of sulfonamides is 4. The first-order chi connectivity index (χ1) is 63.4. The van der Waals surface area contributed by atoms with Gasteiger partial charge >= 0.3 is 0 Å². The van der Waals surface area contributed by atoms with Gasteiger partial charge in [-0.3, -0.25) is 4.72 Å². The quantitative estimate of drug-likeness (QED) is 0.0393. The molecule has 0 spiro atoms. The zero-order chi connectivity index (χ0) is 95.1. The van der Waals surface area contributed by atoms with Crippen LogP contribution in [-0.2, 0) is 50.3 Å². The Hall–Kier alpha value is -10.7. The van der Waals surface area contributed by atoms with E-state index >= 15 is 0 Å². The first-order valence-electron chi connectivity index (χ1n) is 43.9. The van der Waals surface area contributed by atoms with Gasteiger partial charge in [-0.2, -0.15) is 13.1 Å². The summed E-state index contributed by atoms with van der Waals surface area (Å²) in [6.07, 6.45) is 20.3. The predicted molar refractivity (Wildman–Crippen MR) is 520 cm³/mol. The Labute approximate surface area is 785 Å². The summed E-state index contributed by atoms with van der Waals surface area (Å²) >= 11 is 12.3. The highest BCUT2D eigenvalue weighted by molar-refractivity contribution is 7.91. The van der Waals surface area contributed by atoms with Crippen LogP contribution in [0, 0.1) is 88.6 Å². The second-order valence-electron chi connectivity index (χ2n) is 34.5. The van der Waals surface area contributed by atoms with Gasteiger partial charge in [-0.25, -0.2) is 125 Å². The molecular formula is C90H108Cl2F2N24O10S5. The molecule has 0 bridgehead atoms. The average Bonchev–Trinajstić information content (AvgIpc) is 1.19. The maximum atomic E-state index is 14.0. The van der Waals surface area contributed by atoms with E-state index in [4.69, 9.17) is 42.9 Å². The fourth-order valence-electron chi connectivity index (χ4n) is 17.5. The third-order valence-corrected chi connectivity index (χ3v) is 30.5. The normalized spacial score (nSPS) is 19.0. The van der Waals surface area contributed by atoms with Crippen LogP contribution >= 0.6 is 23.2 Å². The molecular weight excluding hydrogens is 1850 g/mol. The molecule has 0 saturated carbocycles. The lowest BCUT2D eigenvalue weighted by molar-refractivity contribution is 0.320. The lowest BCUT2D eigenvalue weighted by Crippen LogP contribution is -2.42. The fourth-order valence-corrected chi connectivity index (χ4v) is 22.7. The zero-order valence-electron chi connectivity index (χ0n) is 75.0. The molecule has 6 aromatic carbocycles. The number of benzene rings is 6. The molecule has 5 aromatic heterocycles. The smallest absolute Gasteiger partial charge is 0.299 e. The minimum atomic E-state index is -3.91. The van der Waals surface area contributed by atoms with E-state index in [1.54, 1.807) is 42.1 Å². The summed E-state index contributed by atoms with van der Waals surface area (Å²) < 4.78 is 160. The fraction of sp³-hybridized carbons (Fsp3) is 0.456. The number of fused-ring (bicyclic) bond motifs is 5. The summed E-state index contributed by atoms with van der Waals surface area (Å²) in [5, 5.41) is 4.72. The Balaban J connectivity index is 0.000000142. The molecule has 6 fully saturated rings. The number of aromatic nitrogens is 10. The van der Waals surface area contributed by atoms with Gasteiger partial charge in [0.15, 0.2) is 5.69 Å². The van der Waals surface area contributed by atoms with Crippen molar-refractivity contribution in [3.8, 4) is 0 Å². The van der Waals surface area contributed by atoms with Crippen molar-refractivity contribution in [2.24, 2.45) is 29.6 Å². The molecule has 5 atom stereocenters. The van der Waals surface area contributed by atoms with Gasteiger partial charge in [0, 0.05) is 132 Å². The van der Waals surface area contributed by atoms with Crippen LogP contribution in [0.1, 0.15) is 99.8 Å². The number of halogens is 4. The Morgan fingerprint density at radius 2 is 0.759 bits per heavy atom. The molecule has 0 radical (unpaired) electrons. The number of rotatable bonds is 22. The highest BCUT2D eigenvalue weighted by atomic mass is 35.5. The predicted octanol–water partition coefficient (Wildman–Crippen LogP) is 13.7. The van der Waals surface area contributed by atoms with Gasteiger partial charge in [-0.05, 0) is 213 Å². The van der Waals surface area contributed by atoms with E-state index in [1.165, 1.54) is 66.9 Å². The van der Waals surface area contributed by atoms with Crippen LogP contribution in [0.2, 0.25) is 10.0 Å². The molecule has 133 heavy (non-hydrogen) atoms. The van der Waals surface area contributed by atoms with E-state index < -0.39 is 61.9 Å². The first kappa shape index (κ1) is 99.7. The minimum Gasteiger partial charge on any atom is -0.356 e. The van der Waals surface area contributed by atoms with Gasteiger partial charge in [0.1, 0.15) is 72.4 Å². The van der Waals surface area contributed by atoms with Gasteiger partial charge in [0.2, 0.25) is 51.5 Å². The summed E-state index contributed by atoms with van der Waals surface area (Å²) in [5.41, 5.74) is 8.20. The van der Waals surface area contributed by atoms with Gasteiger partial charge < -0.3 is 24.5 Å². The van der Waals surface area contributed by atoms with Gasteiger partial charge in [-0.1, -0.05) is 52.5 Å². The van der Waals surface area contributed by atoms with Crippen molar-refractivity contribution in [1.82, 2.24) is 73.0 Å². The minimum absolute atomic E-state index is 0.0000772. The largest absolute Gasteiger partial charge is 0.356 e. The van der Waals surface area contributed by atoms with Crippen LogP contribution in [0.5, 0.6) is 0 Å². The summed E-state index contributed by atoms with van der Waals surface area (Å²) in [6.45, 7) is 41.7. The van der Waals surface area contributed by atoms with Crippen molar-refractivity contribution >= 4 is 180 Å². The van der Waals surface area contributed by atoms with Crippen molar-refractivity contribution in [3.05, 3.63) is 195 Å². The van der Waals surface area contributed by atoms with Crippen LogP contribution < -0.4 is 48.1 Å². The molecule has 6 aliphatic heterocycles. The SMILES string of the molecule is Cc1ccc2ncnc(N3CCCC(CN4CCCS4(=O)=O)C3)c2c1.Cc1ccc2ncnc(N3CCCC(CNS(C)(=O)=O)C3)c2c1.[C-]#[N+]c1cc2c(N3CCCC(CNS(=O)(=O)CC)C3)ncnc2cc1F.[C-]#[N+]c1cc2c(N3CCCC(CNS(=O)(=O)Nc4c(Cl)cc(C)cc4Cl)C3)ncnc2cc1F.[C-]#[N+]c1cc2ncnc(N3CCCC(CNS(C)(=O)=O)C3)c2cc1C. The topological polar surface area (TPSA) is 392 Å². The van der Waals surface area contributed by atoms with Crippen LogP contribution in [0.15, 0.2) is 117 Å². The molecule has 43 heteroatoms. The van der Waals surface area contributed by atoms with Crippen LogP contribution in [0.25, 0.3) is 69.0 Å². The number of piperidine rings is 5. The average molecular weight is 1960 g/mol. The summed E-state index contributed by atoms with van der Waals surface area (Å²) in [6, 6.07) is 24.9. The van der Waals surface area contributed by atoms with Crippen molar-refractivity contribution < 1.29 is 50.9 Å². The Bertz CT molecular complexity index is 6830. The molecule has 706 valence electrons. The molecule has 11 heterocycles. The second-order valence-corrected chi connectivity index (χ2v) is 44.7. The Kier molecular flexibility index (Phi) is 33.1. The monoisotopic (exact) mass is 1950 g/mol. The van der Waals surface area contributed by atoms with E-state index in [0.717, 1.165) is 178 Å². The second kappa shape index (κ2) is 44.2. The molecule has 34 nitrogen and oxygen atoms in total. The molecule has 0 amide bonds. The lowest BCUT2D eigenvalue weighted by Gasteiger charge is -2.35. The van der Waals surface area contributed by atoms with Crippen molar-refractivity contribution in [3.63, 3.8) is 0 Å². The first-order valence-corrected chi connectivity index (χ1v) is 53.2. The van der Waals surface area contributed by atoms with Gasteiger partial charge in [0.05, 0.1) is 87.0 Å². The van der Waals surface area contributed by atoms with E-state index in [1.807, 2.05) is 43.0 Å². The molecule has 6 saturated heterocycles. The highest BCUT2D eigenvalue weighted by Crippen LogP contribution is 2.39. The molecule has 11 aromatic rings. The van der Waals surface area contributed by atoms with Gasteiger partial charge in [0.25, 0.3) is 10.2 Å². The van der Waals surface area contributed by atoms with Gasteiger partial charge in [-0.15, -0.1) is 0 Å². The van der Waals surface area contributed by atoms with Crippen molar-refractivity contribution in [2.45, 2.75) is 105 Å². The number of hydrogen-bond acceptors (Lipinski definition) is 25. The van der Waals surface area contributed by atoms with Crippen molar-refractivity contribution in [2.75, 3.05) is 158 Å². The lowest BCUT2D eigenvalue weighted by atomic mass is 9.97. The zero-order valence-corrected chi connectivity index (χ0v) is 80.6. The maximum absolute atomic E-state index is 14.0. The van der Waals surface area contributed by atoms with Crippen LogP contribution in [-0.4, -0.2) is 225 Å². The molecule has 0 aliphatic carbocycles. The summed E-state index contributed by atoms with van der Waals surface area (Å²) in [4.78, 5) is 64.3. The van der Waals surface area contributed by atoms with E-state index in [9.17, 15) is 50.9 Å². The summed E-state index contributed by atoms with van der Waals surface area (Å²) in [7, 11) is -16.5. The van der Waals surface area contributed by atoms with E-state index in [0.29, 0.717) is 109 Å².